The van der Waals surface area contributed by atoms with E-state index in [0.29, 0.717) is 6.42 Å². The predicted octanol–water partition coefficient (Wildman–Crippen LogP) is 3.44. The van der Waals surface area contributed by atoms with E-state index >= 15 is 0 Å². The molecule has 0 aliphatic heterocycles. The molecule has 0 fully saturated rings. The Kier molecular flexibility index (Phi) is 2.55. The van der Waals surface area contributed by atoms with E-state index in [-0.39, 0.29) is 11.7 Å². The molecule has 0 unspecified atom stereocenters. The van der Waals surface area contributed by atoms with Crippen LogP contribution in [0.4, 0.5) is 4.39 Å². The quantitative estimate of drug-likeness (QED) is 0.687. The van der Waals surface area contributed by atoms with Gasteiger partial charge in [0.1, 0.15) is 0 Å². The minimum absolute atomic E-state index is 0.281. The van der Waals surface area contributed by atoms with E-state index in [1.807, 2.05) is 45.0 Å². The summed E-state index contributed by atoms with van der Waals surface area (Å²) < 4.78 is 19.7. The Morgan fingerprint density at radius 2 is 1.93 bits per heavy atom. The number of benzene rings is 1. The summed E-state index contributed by atoms with van der Waals surface area (Å²) in [5.41, 5.74) is 1.60. The number of rotatable bonds is 1. The van der Waals surface area contributed by atoms with Gasteiger partial charge in [-0.25, -0.2) is 4.39 Å². The smallest absolute Gasteiger partial charge is 0.152 e. The molecule has 1 aliphatic carbocycles. The van der Waals surface area contributed by atoms with Crippen molar-refractivity contribution in [2.75, 3.05) is 0 Å². The molecule has 0 saturated heterocycles. The molecule has 0 amide bonds. The first kappa shape index (κ1) is 10.6. The molecule has 2 rings (SSSR count). The fourth-order valence-corrected chi connectivity index (χ4v) is 2.07. The highest BCUT2D eigenvalue weighted by atomic mass is 19.1. The first-order valence-corrected chi connectivity index (χ1v) is 5.37. The van der Waals surface area contributed by atoms with Crippen LogP contribution >= 0.6 is 0 Å². The van der Waals surface area contributed by atoms with E-state index in [2.05, 4.69) is 0 Å². The van der Waals surface area contributed by atoms with Crippen molar-refractivity contribution in [3.63, 3.8) is 0 Å². The Labute approximate surface area is 90.3 Å². The minimum Gasteiger partial charge on any atom is -0.369 e. The molecule has 0 radical (unpaired) electrons. The fourth-order valence-electron chi connectivity index (χ4n) is 2.07. The van der Waals surface area contributed by atoms with Crippen LogP contribution in [0.15, 0.2) is 24.3 Å². The van der Waals surface area contributed by atoms with Gasteiger partial charge in [0.15, 0.2) is 6.17 Å². The third-order valence-corrected chi connectivity index (χ3v) is 2.60. The Morgan fingerprint density at radius 3 is 2.53 bits per heavy atom. The van der Waals surface area contributed by atoms with Crippen LogP contribution in [0.5, 0.6) is 0 Å². The molecule has 2 heteroatoms. The van der Waals surface area contributed by atoms with Crippen LogP contribution in [0, 0.1) is 0 Å². The summed E-state index contributed by atoms with van der Waals surface area (Å²) >= 11 is 0. The van der Waals surface area contributed by atoms with Gasteiger partial charge in [0, 0.05) is 6.42 Å². The monoisotopic (exact) mass is 208 g/mol. The Balaban J connectivity index is 2.17. The maximum Gasteiger partial charge on any atom is 0.152 e. The van der Waals surface area contributed by atoms with Crippen molar-refractivity contribution in [2.24, 2.45) is 0 Å². The van der Waals surface area contributed by atoms with Crippen LogP contribution < -0.4 is 0 Å². The van der Waals surface area contributed by atoms with E-state index in [9.17, 15) is 4.39 Å². The first-order valence-electron chi connectivity index (χ1n) is 5.37. The number of fused-ring (bicyclic) bond motifs is 1. The van der Waals surface area contributed by atoms with Crippen LogP contribution in [-0.2, 0) is 11.2 Å². The molecule has 0 bridgehead atoms. The number of halogens is 1. The SMILES string of the molecule is CC(C)(C)O[C@H]1Cc2ccccc2[C@@H]1F. The fraction of sp³-hybridized carbons (Fsp3) is 0.538. The van der Waals surface area contributed by atoms with E-state index in [1.165, 1.54) is 0 Å². The topological polar surface area (TPSA) is 9.23 Å². The third kappa shape index (κ3) is 2.20. The molecule has 1 aromatic carbocycles. The average Bonchev–Trinajstić information content (AvgIpc) is 2.42. The number of hydrogen-bond acceptors (Lipinski definition) is 1. The van der Waals surface area contributed by atoms with Crippen molar-refractivity contribution >= 4 is 0 Å². The molecular weight excluding hydrogens is 191 g/mol. The van der Waals surface area contributed by atoms with Crippen LogP contribution in [0.3, 0.4) is 0 Å². The number of alkyl halides is 1. The van der Waals surface area contributed by atoms with Gasteiger partial charge in [-0.05, 0) is 31.9 Å². The van der Waals surface area contributed by atoms with Gasteiger partial charge >= 0.3 is 0 Å². The molecule has 0 saturated carbocycles. The summed E-state index contributed by atoms with van der Waals surface area (Å²) in [5.74, 6) is 0. The molecule has 1 aliphatic rings. The maximum absolute atomic E-state index is 14.0. The molecule has 82 valence electrons. The third-order valence-electron chi connectivity index (χ3n) is 2.60. The lowest BCUT2D eigenvalue weighted by atomic mass is 10.1. The van der Waals surface area contributed by atoms with Gasteiger partial charge in [-0.2, -0.15) is 0 Å². The van der Waals surface area contributed by atoms with Crippen molar-refractivity contribution in [3.8, 4) is 0 Å². The van der Waals surface area contributed by atoms with Gasteiger partial charge in [-0.15, -0.1) is 0 Å². The van der Waals surface area contributed by atoms with E-state index in [1.54, 1.807) is 0 Å². The molecule has 0 aromatic heterocycles. The second-order valence-corrected chi connectivity index (χ2v) is 5.07. The molecule has 1 aromatic rings. The number of hydrogen-bond donors (Lipinski definition) is 0. The van der Waals surface area contributed by atoms with Crippen LogP contribution in [0.1, 0.15) is 38.1 Å². The predicted molar refractivity (Wildman–Crippen MR) is 58.6 cm³/mol. The summed E-state index contributed by atoms with van der Waals surface area (Å²) in [5, 5.41) is 0. The van der Waals surface area contributed by atoms with Crippen molar-refractivity contribution in [3.05, 3.63) is 35.4 Å². The van der Waals surface area contributed by atoms with Gasteiger partial charge in [0.05, 0.1) is 11.7 Å². The zero-order valence-electron chi connectivity index (χ0n) is 9.46. The standard InChI is InChI=1S/C13H17FO/c1-13(2,3)15-11-8-9-6-4-5-7-10(9)12(11)14/h4-7,11-12H,8H2,1-3H3/t11-,12-/m0/s1. The van der Waals surface area contributed by atoms with E-state index in [0.717, 1.165) is 11.1 Å². The Bertz CT molecular complexity index is 354. The van der Waals surface area contributed by atoms with Gasteiger partial charge in [-0.1, -0.05) is 24.3 Å². The maximum atomic E-state index is 14.0. The van der Waals surface area contributed by atoms with Gasteiger partial charge in [0.2, 0.25) is 0 Å². The highest BCUT2D eigenvalue weighted by molar-refractivity contribution is 5.35. The van der Waals surface area contributed by atoms with Gasteiger partial charge in [0.25, 0.3) is 0 Å². The Morgan fingerprint density at radius 1 is 1.27 bits per heavy atom. The summed E-state index contributed by atoms with van der Waals surface area (Å²) in [6.07, 6.45) is -0.600. The lowest BCUT2D eigenvalue weighted by Gasteiger charge is -2.26. The molecule has 0 spiro atoms. The van der Waals surface area contributed by atoms with Crippen molar-refractivity contribution < 1.29 is 9.13 Å². The van der Waals surface area contributed by atoms with Crippen LogP contribution in [0.2, 0.25) is 0 Å². The first-order chi connectivity index (χ1) is 6.97. The van der Waals surface area contributed by atoms with E-state index in [4.69, 9.17) is 4.74 Å². The molecule has 0 N–H and O–H groups in total. The lowest BCUT2D eigenvalue weighted by Crippen LogP contribution is -2.29. The summed E-state index contributed by atoms with van der Waals surface area (Å²) in [7, 11) is 0. The van der Waals surface area contributed by atoms with Crippen molar-refractivity contribution in [2.45, 2.75) is 45.1 Å². The zero-order chi connectivity index (χ0) is 11.1. The summed E-state index contributed by atoms with van der Waals surface area (Å²) in [6, 6.07) is 7.66. The molecular formula is C13H17FO. The number of ether oxygens (including phenoxy) is 1. The van der Waals surface area contributed by atoms with Crippen molar-refractivity contribution in [1.29, 1.82) is 0 Å². The van der Waals surface area contributed by atoms with Gasteiger partial charge < -0.3 is 4.74 Å². The summed E-state index contributed by atoms with van der Waals surface area (Å²) in [6.45, 7) is 5.88. The second-order valence-electron chi connectivity index (χ2n) is 5.07. The van der Waals surface area contributed by atoms with Gasteiger partial charge in [-0.3, -0.25) is 0 Å². The minimum atomic E-state index is -0.972. The van der Waals surface area contributed by atoms with E-state index < -0.39 is 6.17 Å². The normalized spacial score (nSPS) is 25.3. The highest BCUT2D eigenvalue weighted by Gasteiger charge is 2.35. The van der Waals surface area contributed by atoms with Crippen molar-refractivity contribution in [1.82, 2.24) is 0 Å². The second kappa shape index (κ2) is 3.60. The highest BCUT2D eigenvalue weighted by Crippen LogP contribution is 2.37. The molecule has 0 heterocycles. The molecule has 2 atom stereocenters. The molecule has 15 heavy (non-hydrogen) atoms. The van der Waals surface area contributed by atoms with Crippen LogP contribution in [0.25, 0.3) is 0 Å². The lowest BCUT2D eigenvalue weighted by molar-refractivity contribution is -0.0852. The van der Waals surface area contributed by atoms with Crippen LogP contribution in [-0.4, -0.2) is 11.7 Å². The summed E-state index contributed by atoms with van der Waals surface area (Å²) in [4.78, 5) is 0. The molecule has 1 nitrogen and oxygen atoms in total. The average molecular weight is 208 g/mol. The Hall–Kier alpha value is -0.890. The largest absolute Gasteiger partial charge is 0.369 e. The zero-order valence-corrected chi connectivity index (χ0v) is 9.46.